The predicted octanol–water partition coefficient (Wildman–Crippen LogP) is 5.13. The number of rotatable bonds is 5. The first-order chi connectivity index (χ1) is 13.7. The predicted molar refractivity (Wildman–Crippen MR) is 115 cm³/mol. The molecule has 4 nitrogen and oxygen atoms in total. The van der Waals surface area contributed by atoms with Crippen LogP contribution in [0.4, 0.5) is 11.4 Å². The highest BCUT2D eigenvalue weighted by Gasteiger charge is 2.32. The molecule has 1 aliphatic heterocycles. The number of nitrogens with one attached hydrogen (secondary N) is 1. The summed E-state index contributed by atoms with van der Waals surface area (Å²) >= 11 is 1.67. The van der Waals surface area contributed by atoms with Gasteiger partial charge in [0.2, 0.25) is 5.91 Å². The summed E-state index contributed by atoms with van der Waals surface area (Å²) in [7, 11) is 0. The topological polar surface area (TPSA) is 49.4 Å². The fourth-order valence-electron chi connectivity index (χ4n) is 4.21. The lowest BCUT2D eigenvalue weighted by atomic mass is 10.1. The van der Waals surface area contributed by atoms with Crippen LogP contribution in [0.25, 0.3) is 0 Å². The van der Waals surface area contributed by atoms with Crippen LogP contribution in [0.2, 0.25) is 0 Å². The van der Waals surface area contributed by atoms with Gasteiger partial charge in [0.05, 0.1) is 5.56 Å². The van der Waals surface area contributed by atoms with Crippen LogP contribution >= 0.6 is 11.8 Å². The molecule has 2 aliphatic rings. The molecule has 0 radical (unpaired) electrons. The molecule has 1 aliphatic carbocycles. The molecular formula is C23H26N2O2S. The van der Waals surface area contributed by atoms with E-state index >= 15 is 0 Å². The number of benzene rings is 2. The zero-order valence-corrected chi connectivity index (χ0v) is 17.1. The van der Waals surface area contributed by atoms with E-state index in [2.05, 4.69) is 12.2 Å². The Kier molecular flexibility index (Phi) is 5.72. The number of carbonyl (C=O) groups excluding carboxylic acids is 2. The maximum absolute atomic E-state index is 12.9. The molecule has 146 valence electrons. The molecule has 1 saturated carbocycles. The van der Waals surface area contributed by atoms with E-state index in [0.29, 0.717) is 5.56 Å². The van der Waals surface area contributed by atoms with Crippen molar-refractivity contribution in [3.63, 3.8) is 0 Å². The van der Waals surface area contributed by atoms with Gasteiger partial charge in [0.1, 0.15) is 0 Å². The second kappa shape index (κ2) is 8.39. The SMILES string of the molecule is CCSc1ccccc1C(=O)Nc1ccc2c(c1)N(C(=O)C1CCCC1)CC2. The Labute approximate surface area is 170 Å². The summed E-state index contributed by atoms with van der Waals surface area (Å²) in [6.45, 7) is 2.83. The van der Waals surface area contributed by atoms with Crippen molar-refractivity contribution in [1.29, 1.82) is 0 Å². The minimum Gasteiger partial charge on any atom is -0.322 e. The third kappa shape index (κ3) is 3.81. The Hall–Kier alpha value is -2.27. The molecule has 2 aromatic rings. The van der Waals surface area contributed by atoms with Crippen LogP contribution in [0.3, 0.4) is 0 Å². The Morgan fingerprint density at radius 3 is 2.71 bits per heavy atom. The van der Waals surface area contributed by atoms with Gasteiger partial charge >= 0.3 is 0 Å². The Morgan fingerprint density at radius 1 is 1.14 bits per heavy atom. The molecule has 2 amide bonds. The molecule has 5 heteroatoms. The normalized spacial score (nSPS) is 16.2. The highest BCUT2D eigenvalue weighted by atomic mass is 32.2. The first-order valence-electron chi connectivity index (χ1n) is 10.1. The standard InChI is InChI=1S/C23H26N2O2S/c1-2-28-21-10-6-5-9-19(21)22(26)24-18-12-11-16-13-14-25(20(16)15-18)23(27)17-7-3-4-8-17/h5-6,9-12,15,17H,2-4,7-8,13-14H2,1H3,(H,24,26). The molecule has 1 heterocycles. The second-order valence-corrected chi connectivity index (χ2v) is 8.75. The minimum atomic E-state index is -0.108. The number of carbonyl (C=O) groups is 2. The molecule has 0 unspecified atom stereocenters. The molecule has 28 heavy (non-hydrogen) atoms. The number of amides is 2. The van der Waals surface area contributed by atoms with Crippen molar-refractivity contribution in [3.05, 3.63) is 53.6 Å². The number of thioether (sulfide) groups is 1. The molecule has 0 aromatic heterocycles. The number of hydrogen-bond acceptors (Lipinski definition) is 3. The first-order valence-corrected chi connectivity index (χ1v) is 11.1. The zero-order chi connectivity index (χ0) is 19.5. The fraction of sp³-hybridized carbons (Fsp3) is 0.391. The van der Waals surface area contributed by atoms with Crippen LogP contribution in [0.15, 0.2) is 47.4 Å². The van der Waals surface area contributed by atoms with Crippen molar-refractivity contribution >= 4 is 35.0 Å². The lowest BCUT2D eigenvalue weighted by Crippen LogP contribution is -2.33. The zero-order valence-electron chi connectivity index (χ0n) is 16.2. The number of anilines is 2. The van der Waals surface area contributed by atoms with Gasteiger partial charge in [-0.05, 0) is 54.8 Å². The van der Waals surface area contributed by atoms with Crippen molar-refractivity contribution in [2.24, 2.45) is 5.92 Å². The van der Waals surface area contributed by atoms with E-state index in [0.717, 1.165) is 60.7 Å². The highest BCUT2D eigenvalue weighted by Crippen LogP contribution is 2.35. The van der Waals surface area contributed by atoms with Gasteiger partial charge in [0, 0.05) is 28.7 Å². The van der Waals surface area contributed by atoms with Gasteiger partial charge in [-0.3, -0.25) is 9.59 Å². The number of hydrogen-bond donors (Lipinski definition) is 1. The molecule has 0 bridgehead atoms. The smallest absolute Gasteiger partial charge is 0.256 e. The van der Waals surface area contributed by atoms with Gasteiger partial charge in [-0.15, -0.1) is 11.8 Å². The summed E-state index contributed by atoms with van der Waals surface area (Å²) in [6.07, 6.45) is 5.21. The largest absolute Gasteiger partial charge is 0.322 e. The minimum absolute atomic E-state index is 0.108. The fourth-order valence-corrected chi connectivity index (χ4v) is 5.02. The number of nitrogens with zero attached hydrogens (tertiary/aromatic N) is 1. The third-order valence-corrected chi connectivity index (χ3v) is 6.60. The molecular weight excluding hydrogens is 368 g/mol. The maximum Gasteiger partial charge on any atom is 0.256 e. The Morgan fingerprint density at radius 2 is 1.93 bits per heavy atom. The summed E-state index contributed by atoms with van der Waals surface area (Å²) < 4.78 is 0. The van der Waals surface area contributed by atoms with Crippen molar-refractivity contribution in [2.45, 2.75) is 43.9 Å². The van der Waals surface area contributed by atoms with Crippen LogP contribution in [-0.2, 0) is 11.2 Å². The van der Waals surface area contributed by atoms with E-state index in [1.807, 2.05) is 47.4 Å². The summed E-state index contributed by atoms with van der Waals surface area (Å²) in [5, 5.41) is 3.03. The summed E-state index contributed by atoms with van der Waals surface area (Å²) in [5.41, 5.74) is 3.58. The van der Waals surface area contributed by atoms with Crippen molar-refractivity contribution in [1.82, 2.24) is 0 Å². The Balaban J connectivity index is 1.54. The van der Waals surface area contributed by atoms with Crippen molar-refractivity contribution < 1.29 is 9.59 Å². The third-order valence-electron chi connectivity index (χ3n) is 5.64. The van der Waals surface area contributed by atoms with E-state index in [4.69, 9.17) is 0 Å². The van der Waals surface area contributed by atoms with Crippen LogP contribution in [0.1, 0.15) is 48.5 Å². The van der Waals surface area contributed by atoms with E-state index in [-0.39, 0.29) is 17.7 Å². The van der Waals surface area contributed by atoms with Gasteiger partial charge in [-0.25, -0.2) is 0 Å². The average molecular weight is 395 g/mol. The van der Waals surface area contributed by atoms with Crippen LogP contribution in [0, 0.1) is 5.92 Å². The average Bonchev–Trinajstić information content (AvgIpc) is 3.38. The maximum atomic E-state index is 12.9. The molecule has 0 atom stereocenters. The molecule has 1 N–H and O–H groups in total. The van der Waals surface area contributed by atoms with Crippen LogP contribution in [0.5, 0.6) is 0 Å². The van der Waals surface area contributed by atoms with Crippen LogP contribution in [-0.4, -0.2) is 24.1 Å². The summed E-state index contributed by atoms with van der Waals surface area (Å²) in [5.74, 6) is 1.23. The highest BCUT2D eigenvalue weighted by molar-refractivity contribution is 7.99. The molecule has 0 saturated heterocycles. The summed E-state index contributed by atoms with van der Waals surface area (Å²) in [6, 6.07) is 13.6. The van der Waals surface area contributed by atoms with Crippen molar-refractivity contribution in [2.75, 3.05) is 22.5 Å². The number of fused-ring (bicyclic) bond motifs is 1. The molecule has 4 rings (SSSR count). The van der Waals surface area contributed by atoms with E-state index in [9.17, 15) is 9.59 Å². The monoisotopic (exact) mass is 394 g/mol. The van der Waals surface area contributed by atoms with Gasteiger partial charge in [-0.2, -0.15) is 0 Å². The lowest BCUT2D eigenvalue weighted by molar-refractivity contribution is -0.122. The van der Waals surface area contributed by atoms with Gasteiger partial charge in [0.15, 0.2) is 0 Å². The van der Waals surface area contributed by atoms with Crippen molar-refractivity contribution in [3.8, 4) is 0 Å². The van der Waals surface area contributed by atoms with Gasteiger partial charge in [0.25, 0.3) is 5.91 Å². The second-order valence-electron chi connectivity index (χ2n) is 7.45. The van der Waals surface area contributed by atoms with Gasteiger partial charge < -0.3 is 10.2 Å². The molecule has 1 fully saturated rings. The van der Waals surface area contributed by atoms with E-state index in [1.165, 1.54) is 5.56 Å². The van der Waals surface area contributed by atoms with Gasteiger partial charge in [-0.1, -0.05) is 38.0 Å². The van der Waals surface area contributed by atoms with E-state index in [1.54, 1.807) is 11.8 Å². The van der Waals surface area contributed by atoms with Crippen LogP contribution < -0.4 is 10.2 Å². The quantitative estimate of drug-likeness (QED) is 0.715. The van der Waals surface area contributed by atoms with E-state index < -0.39 is 0 Å². The lowest BCUT2D eigenvalue weighted by Gasteiger charge is -2.21. The first kappa shape index (κ1) is 19.1. The summed E-state index contributed by atoms with van der Waals surface area (Å²) in [4.78, 5) is 28.7. The molecule has 0 spiro atoms. The molecule has 2 aromatic carbocycles. The Bertz CT molecular complexity index is 890.